The molecular formula is C25H25N3O3. The van der Waals surface area contributed by atoms with Crippen molar-refractivity contribution < 1.29 is 14.3 Å². The monoisotopic (exact) mass is 415 g/mol. The lowest BCUT2D eigenvalue weighted by Gasteiger charge is -2.24. The molecule has 4 rings (SSSR count). The summed E-state index contributed by atoms with van der Waals surface area (Å²) in [5.74, 6) is 0.343. The predicted octanol–water partition coefficient (Wildman–Crippen LogP) is 3.32. The number of rotatable bonds is 7. The predicted molar refractivity (Wildman–Crippen MR) is 119 cm³/mol. The molecule has 1 fully saturated rings. The van der Waals surface area contributed by atoms with Crippen molar-refractivity contribution in [2.24, 2.45) is 5.92 Å². The maximum atomic E-state index is 13.5. The van der Waals surface area contributed by atoms with E-state index in [1.807, 2.05) is 71.6 Å². The normalized spacial score (nSPS) is 16.3. The van der Waals surface area contributed by atoms with Gasteiger partial charge in [0.1, 0.15) is 17.5 Å². The first-order chi connectivity index (χ1) is 15.1. The summed E-state index contributed by atoms with van der Waals surface area (Å²) in [6, 6.07) is 23.0. The van der Waals surface area contributed by atoms with E-state index < -0.39 is 5.92 Å². The molecule has 158 valence electrons. The summed E-state index contributed by atoms with van der Waals surface area (Å²) in [6.45, 7) is 1.68. The number of methoxy groups -OCH3 is 1. The molecule has 1 saturated heterocycles. The smallest absolute Gasteiger partial charge is 0.240 e. The SMILES string of the molecule is COc1ccc(CN(C(=O)C2CN(Cc3ccccc3)CC2=O)c2ccccn2)cc1. The summed E-state index contributed by atoms with van der Waals surface area (Å²) in [5.41, 5.74) is 2.06. The zero-order valence-electron chi connectivity index (χ0n) is 17.5. The number of amides is 1. The zero-order valence-corrected chi connectivity index (χ0v) is 17.5. The quantitative estimate of drug-likeness (QED) is 0.554. The van der Waals surface area contributed by atoms with E-state index in [0.29, 0.717) is 25.5 Å². The zero-order chi connectivity index (χ0) is 21.6. The molecule has 6 nitrogen and oxygen atoms in total. The van der Waals surface area contributed by atoms with E-state index in [9.17, 15) is 9.59 Å². The van der Waals surface area contributed by atoms with Crippen LogP contribution in [0.25, 0.3) is 0 Å². The number of carbonyl (C=O) groups is 2. The Morgan fingerprint density at radius 1 is 1.03 bits per heavy atom. The molecule has 0 spiro atoms. The minimum atomic E-state index is -0.691. The summed E-state index contributed by atoms with van der Waals surface area (Å²) >= 11 is 0. The number of likely N-dealkylation sites (tertiary alicyclic amines) is 1. The molecule has 1 aliphatic heterocycles. The van der Waals surface area contributed by atoms with Crippen molar-refractivity contribution in [1.82, 2.24) is 9.88 Å². The van der Waals surface area contributed by atoms with E-state index in [2.05, 4.69) is 4.98 Å². The van der Waals surface area contributed by atoms with E-state index in [4.69, 9.17) is 4.74 Å². The van der Waals surface area contributed by atoms with Crippen LogP contribution >= 0.6 is 0 Å². The molecule has 3 aromatic rings. The van der Waals surface area contributed by atoms with Crippen molar-refractivity contribution in [2.45, 2.75) is 13.1 Å². The number of carbonyl (C=O) groups excluding carboxylic acids is 2. The van der Waals surface area contributed by atoms with Crippen LogP contribution in [0.4, 0.5) is 5.82 Å². The van der Waals surface area contributed by atoms with Gasteiger partial charge in [-0.25, -0.2) is 4.98 Å². The fourth-order valence-corrected chi connectivity index (χ4v) is 3.82. The summed E-state index contributed by atoms with van der Waals surface area (Å²) < 4.78 is 5.22. The van der Waals surface area contributed by atoms with Gasteiger partial charge in [-0.15, -0.1) is 0 Å². The first-order valence-corrected chi connectivity index (χ1v) is 10.3. The molecule has 0 saturated carbocycles. The second-order valence-corrected chi connectivity index (χ2v) is 7.63. The maximum absolute atomic E-state index is 13.5. The first kappa shape index (κ1) is 20.8. The lowest BCUT2D eigenvalue weighted by Crippen LogP contribution is -2.39. The van der Waals surface area contributed by atoms with E-state index in [1.165, 1.54) is 0 Å². The lowest BCUT2D eigenvalue weighted by atomic mass is 10.1. The topological polar surface area (TPSA) is 62.7 Å². The maximum Gasteiger partial charge on any atom is 0.240 e. The highest BCUT2D eigenvalue weighted by molar-refractivity contribution is 6.09. The molecule has 1 aliphatic rings. The van der Waals surface area contributed by atoms with Crippen molar-refractivity contribution in [1.29, 1.82) is 0 Å². The van der Waals surface area contributed by atoms with Gasteiger partial charge in [0.15, 0.2) is 5.78 Å². The van der Waals surface area contributed by atoms with Crippen molar-refractivity contribution in [3.63, 3.8) is 0 Å². The van der Waals surface area contributed by atoms with Gasteiger partial charge in [-0.1, -0.05) is 48.5 Å². The molecule has 2 aromatic carbocycles. The summed E-state index contributed by atoms with van der Waals surface area (Å²) in [4.78, 5) is 34.3. The van der Waals surface area contributed by atoms with Crippen molar-refractivity contribution >= 4 is 17.5 Å². The molecular weight excluding hydrogens is 390 g/mol. The van der Waals surface area contributed by atoms with E-state index >= 15 is 0 Å². The molecule has 2 heterocycles. The van der Waals surface area contributed by atoms with E-state index in [-0.39, 0.29) is 18.2 Å². The molecule has 31 heavy (non-hydrogen) atoms. The van der Waals surface area contributed by atoms with Crippen molar-refractivity contribution in [3.05, 3.63) is 90.1 Å². The number of benzene rings is 2. The Kier molecular flexibility index (Phi) is 6.38. The number of anilines is 1. The number of nitrogens with zero attached hydrogens (tertiary/aromatic N) is 3. The molecule has 0 N–H and O–H groups in total. The summed E-state index contributed by atoms with van der Waals surface area (Å²) in [7, 11) is 1.62. The lowest BCUT2D eigenvalue weighted by molar-refractivity contribution is -0.129. The van der Waals surface area contributed by atoms with E-state index in [1.54, 1.807) is 24.3 Å². The van der Waals surface area contributed by atoms with Gasteiger partial charge in [0.2, 0.25) is 5.91 Å². The molecule has 0 aliphatic carbocycles. The first-order valence-electron chi connectivity index (χ1n) is 10.3. The van der Waals surface area contributed by atoms with Gasteiger partial charge >= 0.3 is 0 Å². The standard InChI is InChI=1S/C25H25N3O3/c1-31-21-12-10-20(11-13-21)16-28(24-9-5-6-14-26-24)25(30)22-17-27(18-23(22)29)15-19-7-3-2-4-8-19/h2-14,22H,15-18H2,1H3. The third-order valence-corrected chi connectivity index (χ3v) is 5.45. The van der Waals surface area contributed by atoms with Crippen LogP contribution in [0.2, 0.25) is 0 Å². The number of aromatic nitrogens is 1. The molecule has 0 radical (unpaired) electrons. The van der Waals surface area contributed by atoms with Crippen molar-refractivity contribution in [2.75, 3.05) is 25.1 Å². The van der Waals surface area contributed by atoms with Crippen LogP contribution in [0.5, 0.6) is 5.75 Å². The number of ketones is 1. The minimum absolute atomic E-state index is 0.0448. The number of ether oxygens (including phenoxy) is 1. The molecule has 1 atom stereocenters. The molecule has 1 amide bonds. The average Bonchev–Trinajstić information content (AvgIpc) is 3.18. The number of pyridine rings is 1. The van der Waals surface area contributed by atoms with Crippen LogP contribution in [-0.4, -0.2) is 41.8 Å². The fraction of sp³-hybridized carbons (Fsp3) is 0.240. The Labute approximate surface area is 182 Å². The van der Waals surface area contributed by atoms with Crippen LogP contribution in [0.15, 0.2) is 79.0 Å². The molecule has 1 unspecified atom stereocenters. The van der Waals surface area contributed by atoms with Gasteiger partial charge in [-0.2, -0.15) is 0 Å². The van der Waals surface area contributed by atoms with Crippen LogP contribution in [0.1, 0.15) is 11.1 Å². The fourth-order valence-electron chi connectivity index (χ4n) is 3.82. The second-order valence-electron chi connectivity index (χ2n) is 7.63. The van der Waals surface area contributed by atoms with Gasteiger partial charge in [-0.05, 0) is 35.4 Å². The number of Topliss-reactive ketones (excluding diaryl/α,β-unsaturated/α-hetero) is 1. The van der Waals surface area contributed by atoms with Crippen LogP contribution in [0.3, 0.4) is 0 Å². The summed E-state index contributed by atoms with van der Waals surface area (Å²) in [5, 5.41) is 0. The Bertz CT molecular complexity index is 1020. The number of hydrogen-bond donors (Lipinski definition) is 0. The van der Waals surface area contributed by atoms with Gasteiger partial charge in [-0.3, -0.25) is 19.4 Å². The van der Waals surface area contributed by atoms with E-state index in [0.717, 1.165) is 16.9 Å². The van der Waals surface area contributed by atoms with Gasteiger partial charge in [0.25, 0.3) is 0 Å². The number of hydrogen-bond acceptors (Lipinski definition) is 5. The van der Waals surface area contributed by atoms with Crippen molar-refractivity contribution in [3.8, 4) is 5.75 Å². The van der Waals surface area contributed by atoms with Crippen LogP contribution < -0.4 is 9.64 Å². The summed E-state index contributed by atoms with van der Waals surface area (Å²) in [6.07, 6.45) is 1.65. The Hall–Kier alpha value is -3.51. The molecule has 6 heteroatoms. The third kappa shape index (κ3) is 4.98. The van der Waals surface area contributed by atoms with Crippen LogP contribution in [0, 0.1) is 5.92 Å². The highest BCUT2D eigenvalue weighted by atomic mass is 16.5. The minimum Gasteiger partial charge on any atom is -0.497 e. The van der Waals surface area contributed by atoms with Gasteiger partial charge in [0.05, 0.1) is 20.2 Å². The Morgan fingerprint density at radius 2 is 1.77 bits per heavy atom. The molecule has 0 bridgehead atoms. The Morgan fingerprint density at radius 3 is 2.45 bits per heavy atom. The highest BCUT2D eigenvalue weighted by Gasteiger charge is 2.39. The Balaban J connectivity index is 1.53. The molecule has 1 aromatic heterocycles. The highest BCUT2D eigenvalue weighted by Crippen LogP contribution is 2.23. The third-order valence-electron chi connectivity index (χ3n) is 5.45. The van der Waals surface area contributed by atoms with Gasteiger partial charge in [0, 0.05) is 19.3 Å². The van der Waals surface area contributed by atoms with Gasteiger partial charge < -0.3 is 4.74 Å². The average molecular weight is 415 g/mol. The van der Waals surface area contributed by atoms with Crippen LogP contribution in [-0.2, 0) is 22.7 Å². The second kappa shape index (κ2) is 9.53. The largest absolute Gasteiger partial charge is 0.497 e.